The number of benzene rings is 4. The Morgan fingerprint density at radius 2 is 1.55 bits per heavy atom. The van der Waals surface area contributed by atoms with Crippen molar-refractivity contribution in [2.45, 2.75) is 26.2 Å². The Morgan fingerprint density at radius 1 is 0.818 bits per heavy atom. The first-order valence-electron chi connectivity index (χ1n) is 14.3. The van der Waals surface area contributed by atoms with Gasteiger partial charge in [-0.3, -0.25) is 9.59 Å². The van der Waals surface area contributed by atoms with Gasteiger partial charge in [-0.2, -0.15) is 0 Å². The monoisotopic (exact) mass is 593 g/mol. The number of carbonyl (C=O) groups is 2. The van der Waals surface area contributed by atoms with Crippen molar-refractivity contribution in [2.24, 2.45) is 0 Å². The van der Waals surface area contributed by atoms with Gasteiger partial charge in [0.15, 0.2) is 11.5 Å². The molecule has 1 saturated heterocycles. The van der Waals surface area contributed by atoms with Crippen molar-refractivity contribution in [3.05, 3.63) is 130 Å². The average Bonchev–Trinajstić information content (AvgIpc) is 3.31. The zero-order valence-electron chi connectivity index (χ0n) is 25.0. The number of methoxy groups -OCH3 is 2. The van der Waals surface area contributed by atoms with Crippen LogP contribution < -0.4 is 14.2 Å². The van der Waals surface area contributed by atoms with Gasteiger partial charge in [-0.05, 0) is 65.6 Å². The van der Waals surface area contributed by atoms with Gasteiger partial charge in [0.25, 0.3) is 11.7 Å². The third-order valence-electron chi connectivity index (χ3n) is 7.60. The molecule has 8 nitrogen and oxygen atoms in total. The summed E-state index contributed by atoms with van der Waals surface area (Å²) in [4.78, 5) is 28.0. The van der Waals surface area contributed by atoms with Gasteiger partial charge in [-0.1, -0.05) is 60.7 Å². The summed E-state index contributed by atoms with van der Waals surface area (Å²) in [6.07, 6.45) is 0. The number of ether oxygens (including phenoxy) is 4. The van der Waals surface area contributed by atoms with Crippen LogP contribution in [0, 0.1) is 6.92 Å². The highest BCUT2D eigenvalue weighted by Crippen LogP contribution is 2.42. The van der Waals surface area contributed by atoms with Gasteiger partial charge in [-0.15, -0.1) is 0 Å². The number of amides is 1. The second kappa shape index (κ2) is 13.9. The van der Waals surface area contributed by atoms with Crippen LogP contribution in [-0.2, 0) is 27.5 Å². The summed E-state index contributed by atoms with van der Waals surface area (Å²) in [5, 5.41) is 11.5. The van der Waals surface area contributed by atoms with Crippen LogP contribution in [0.2, 0.25) is 0 Å². The number of aliphatic hydroxyl groups excluding tert-OH is 1. The number of carbonyl (C=O) groups excluding carboxylic acids is 2. The lowest BCUT2D eigenvalue weighted by Crippen LogP contribution is -2.32. The molecule has 1 N–H and O–H groups in total. The largest absolute Gasteiger partial charge is 0.507 e. The summed E-state index contributed by atoms with van der Waals surface area (Å²) in [6.45, 7) is 3.14. The highest BCUT2D eigenvalue weighted by molar-refractivity contribution is 6.46. The third kappa shape index (κ3) is 6.61. The van der Waals surface area contributed by atoms with Gasteiger partial charge in [0.2, 0.25) is 0 Å². The van der Waals surface area contributed by atoms with Crippen molar-refractivity contribution >= 4 is 17.4 Å². The third-order valence-corrected chi connectivity index (χ3v) is 7.60. The number of rotatable bonds is 12. The molecule has 0 bridgehead atoms. The lowest BCUT2D eigenvalue weighted by atomic mass is 9.95. The predicted molar refractivity (Wildman–Crippen MR) is 167 cm³/mol. The maximum absolute atomic E-state index is 13.4. The molecule has 4 aromatic rings. The molecule has 1 aliphatic rings. The van der Waals surface area contributed by atoms with Crippen LogP contribution in [0.5, 0.6) is 17.2 Å². The van der Waals surface area contributed by atoms with E-state index in [-0.39, 0.29) is 24.5 Å². The van der Waals surface area contributed by atoms with E-state index in [9.17, 15) is 14.7 Å². The average molecular weight is 594 g/mol. The van der Waals surface area contributed by atoms with Gasteiger partial charge in [0, 0.05) is 19.2 Å². The fourth-order valence-corrected chi connectivity index (χ4v) is 5.15. The van der Waals surface area contributed by atoms with Crippen molar-refractivity contribution in [3.63, 3.8) is 0 Å². The van der Waals surface area contributed by atoms with Crippen LogP contribution in [0.1, 0.15) is 33.9 Å². The molecule has 0 saturated carbocycles. The van der Waals surface area contributed by atoms with Crippen molar-refractivity contribution in [3.8, 4) is 17.2 Å². The van der Waals surface area contributed by atoms with Gasteiger partial charge in [-0.25, -0.2) is 0 Å². The first-order valence-corrected chi connectivity index (χ1v) is 14.3. The van der Waals surface area contributed by atoms with E-state index in [0.29, 0.717) is 41.6 Å². The van der Waals surface area contributed by atoms with Gasteiger partial charge < -0.3 is 29.0 Å². The van der Waals surface area contributed by atoms with Crippen LogP contribution in [0.25, 0.3) is 5.76 Å². The Morgan fingerprint density at radius 3 is 2.25 bits per heavy atom. The molecule has 8 heteroatoms. The van der Waals surface area contributed by atoms with Crippen molar-refractivity contribution in [1.29, 1.82) is 0 Å². The number of aliphatic hydroxyl groups is 1. The number of ketones is 1. The molecule has 1 amide bonds. The topological polar surface area (TPSA) is 94.5 Å². The van der Waals surface area contributed by atoms with Crippen LogP contribution >= 0.6 is 0 Å². The van der Waals surface area contributed by atoms with E-state index in [0.717, 1.165) is 16.7 Å². The van der Waals surface area contributed by atoms with Crippen LogP contribution in [0.15, 0.2) is 103 Å². The number of Topliss-reactive ketones (excluding diaryl/α,β-unsaturated/α-hetero) is 1. The molecule has 5 rings (SSSR count). The van der Waals surface area contributed by atoms with E-state index < -0.39 is 17.7 Å². The Kier molecular flexibility index (Phi) is 9.62. The Balaban J connectivity index is 1.45. The number of nitrogens with zero attached hydrogens (tertiary/aromatic N) is 1. The summed E-state index contributed by atoms with van der Waals surface area (Å²) < 4.78 is 22.8. The summed E-state index contributed by atoms with van der Waals surface area (Å²) in [5.41, 5.74) is 4.16. The fraction of sp³-hybridized carbons (Fsp3) is 0.222. The van der Waals surface area contributed by atoms with Crippen LogP contribution in [0.4, 0.5) is 0 Å². The molecule has 1 atom stereocenters. The first-order chi connectivity index (χ1) is 21.4. The number of aryl methyl sites for hydroxylation is 1. The van der Waals surface area contributed by atoms with Crippen LogP contribution in [0.3, 0.4) is 0 Å². The van der Waals surface area contributed by atoms with E-state index in [2.05, 4.69) is 0 Å². The van der Waals surface area contributed by atoms with E-state index in [1.807, 2.05) is 61.5 Å². The number of hydrogen-bond acceptors (Lipinski definition) is 7. The lowest BCUT2D eigenvalue weighted by molar-refractivity contribution is -0.140. The van der Waals surface area contributed by atoms with Gasteiger partial charge in [0.1, 0.15) is 24.7 Å². The molecule has 0 spiro atoms. The van der Waals surface area contributed by atoms with Crippen molar-refractivity contribution < 1.29 is 33.6 Å². The number of likely N-dealkylation sites (tertiary alicyclic amines) is 1. The standard InChI is InChI=1S/C36H35NO7/c1-24-9-7-8-12-28(24)23-43-29-16-13-26(14-17-29)34(38)32-33(37(19-20-41-2)36(40)35(32)39)27-15-18-30(31(21-27)42-3)44-22-25-10-5-4-6-11-25/h4-18,21,33,38H,19-20,22-23H2,1-3H3/b34-32+. The molecule has 1 unspecified atom stereocenters. The molecule has 1 heterocycles. The molecule has 1 fully saturated rings. The molecule has 44 heavy (non-hydrogen) atoms. The summed E-state index contributed by atoms with van der Waals surface area (Å²) in [7, 11) is 3.05. The molecule has 226 valence electrons. The predicted octanol–water partition coefficient (Wildman–Crippen LogP) is 6.23. The normalized spacial score (nSPS) is 15.8. The minimum absolute atomic E-state index is 0.0142. The first kappa shape index (κ1) is 30.4. The Hall–Kier alpha value is -5.08. The SMILES string of the molecule is COCCN1C(=O)C(=O)/C(=C(/O)c2ccc(OCc3ccccc3C)cc2)C1c1ccc(OCc2ccccc2)c(OC)c1. The lowest BCUT2D eigenvalue weighted by Gasteiger charge is -2.25. The zero-order chi connectivity index (χ0) is 31.1. The maximum atomic E-state index is 13.4. The molecule has 0 aliphatic carbocycles. The zero-order valence-corrected chi connectivity index (χ0v) is 25.0. The van der Waals surface area contributed by atoms with Crippen molar-refractivity contribution in [1.82, 2.24) is 4.90 Å². The summed E-state index contributed by atoms with van der Waals surface area (Å²) in [5.74, 6) is -0.206. The van der Waals surface area contributed by atoms with E-state index in [1.54, 1.807) is 42.5 Å². The molecule has 4 aromatic carbocycles. The molecule has 0 aromatic heterocycles. The molecule has 0 radical (unpaired) electrons. The van der Waals surface area contributed by atoms with Crippen molar-refractivity contribution in [2.75, 3.05) is 27.4 Å². The van der Waals surface area contributed by atoms with Gasteiger partial charge in [0.05, 0.1) is 25.3 Å². The van der Waals surface area contributed by atoms with E-state index in [4.69, 9.17) is 18.9 Å². The van der Waals surface area contributed by atoms with E-state index >= 15 is 0 Å². The molecular formula is C36H35NO7. The maximum Gasteiger partial charge on any atom is 0.295 e. The smallest absolute Gasteiger partial charge is 0.295 e. The Bertz CT molecular complexity index is 1650. The minimum atomic E-state index is -0.862. The van der Waals surface area contributed by atoms with Crippen LogP contribution in [-0.4, -0.2) is 49.1 Å². The van der Waals surface area contributed by atoms with E-state index in [1.165, 1.54) is 19.1 Å². The molecule has 1 aliphatic heterocycles. The minimum Gasteiger partial charge on any atom is -0.507 e. The summed E-state index contributed by atoms with van der Waals surface area (Å²) >= 11 is 0. The van der Waals surface area contributed by atoms with Gasteiger partial charge >= 0.3 is 0 Å². The highest BCUT2D eigenvalue weighted by Gasteiger charge is 2.46. The fourth-order valence-electron chi connectivity index (χ4n) is 5.15. The molecular weight excluding hydrogens is 558 g/mol. The quantitative estimate of drug-likeness (QED) is 0.118. The second-order valence-electron chi connectivity index (χ2n) is 10.4. The number of hydrogen-bond donors (Lipinski definition) is 1. The summed E-state index contributed by atoms with van der Waals surface area (Å²) in [6, 6.07) is 28.9. The second-order valence-corrected chi connectivity index (χ2v) is 10.4. The highest BCUT2D eigenvalue weighted by atomic mass is 16.5. The Labute approximate surface area is 257 Å².